The van der Waals surface area contributed by atoms with E-state index >= 15 is 0 Å². The van der Waals surface area contributed by atoms with E-state index in [4.69, 9.17) is 10.5 Å². The van der Waals surface area contributed by atoms with Gasteiger partial charge in [-0.05, 0) is 31.2 Å². The summed E-state index contributed by atoms with van der Waals surface area (Å²) in [5, 5.41) is 0.528. The second-order valence-electron chi connectivity index (χ2n) is 4.27. The number of nitrogens with zero attached hydrogens (tertiary/aromatic N) is 1. The maximum atomic E-state index is 12.8. The second kappa shape index (κ2) is 5.05. The van der Waals surface area contributed by atoms with E-state index in [1.54, 1.807) is 30.5 Å². The molecule has 0 amide bonds. The van der Waals surface area contributed by atoms with Gasteiger partial charge in [-0.2, -0.15) is 13.2 Å². The summed E-state index contributed by atoms with van der Waals surface area (Å²) in [4.78, 5) is 4.06. The van der Waals surface area contributed by atoms with Crippen LogP contribution in [0.2, 0.25) is 0 Å². The maximum Gasteiger partial charge on any atom is 0.426 e. The van der Waals surface area contributed by atoms with Gasteiger partial charge in [0.25, 0.3) is 0 Å². The topological polar surface area (TPSA) is 48.1 Å². The molecule has 0 aliphatic rings. The first-order valence-corrected chi connectivity index (χ1v) is 5.72. The molecule has 1 aromatic heterocycles. The van der Waals surface area contributed by atoms with Gasteiger partial charge in [0, 0.05) is 17.6 Å². The minimum absolute atomic E-state index is 0.130. The molecule has 0 saturated carbocycles. The third kappa shape index (κ3) is 2.96. The molecule has 0 spiro atoms. The number of aromatic nitrogens is 1. The highest BCUT2D eigenvalue weighted by atomic mass is 19.4. The van der Waals surface area contributed by atoms with Crippen LogP contribution >= 0.6 is 0 Å². The van der Waals surface area contributed by atoms with Crippen LogP contribution in [0.15, 0.2) is 36.5 Å². The Bertz CT molecular complexity index is 564. The minimum Gasteiger partial charge on any atom is -0.479 e. The summed E-state index contributed by atoms with van der Waals surface area (Å²) in [7, 11) is 0. The van der Waals surface area contributed by atoms with Gasteiger partial charge in [-0.1, -0.05) is 6.07 Å². The number of benzene rings is 1. The molecule has 2 unspecified atom stereocenters. The van der Waals surface area contributed by atoms with E-state index in [0.717, 1.165) is 0 Å². The summed E-state index contributed by atoms with van der Waals surface area (Å²) in [6.07, 6.45) is -4.99. The Morgan fingerprint density at radius 3 is 2.58 bits per heavy atom. The largest absolute Gasteiger partial charge is 0.479 e. The van der Waals surface area contributed by atoms with Gasteiger partial charge >= 0.3 is 6.18 Å². The van der Waals surface area contributed by atoms with Gasteiger partial charge in [0.1, 0.15) is 5.75 Å². The zero-order valence-corrected chi connectivity index (χ0v) is 10.2. The van der Waals surface area contributed by atoms with Crippen molar-refractivity contribution >= 4 is 10.9 Å². The average Bonchev–Trinajstić information content (AvgIpc) is 2.34. The Hall–Kier alpha value is -1.82. The Labute approximate surface area is 108 Å². The molecule has 0 radical (unpaired) electrons. The minimum atomic E-state index is -4.52. The first-order valence-electron chi connectivity index (χ1n) is 5.72. The molecule has 3 nitrogen and oxygen atoms in total. The summed E-state index contributed by atoms with van der Waals surface area (Å²) in [5.74, 6) is 0.130. The molecule has 0 saturated heterocycles. The number of alkyl halides is 3. The van der Waals surface area contributed by atoms with Crippen molar-refractivity contribution < 1.29 is 17.9 Å². The predicted octanol–water partition coefficient (Wildman–Crippen LogP) is 2.89. The van der Waals surface area contributed by atoms with Crippen molar-refractivity contribution in [2.45, 2.75) is 25.2 Å². The van der Waals surface area contributed by atoms with Gasteiger partial charge < -0.3 is 10.5 Å². The van der Waals surface area contributed by atoms with Crippen LogP contribution in [-0.2, 0) is 0 Å². The van der Waals surface area contributed by atoms with E-state index in [1.807, 2.05) is 0 Å². The van der Waals surface area contributed by atoms with E-state index in [-0.39, 0.29) is 5.75 Å². The van der Waals surface area contributed by atoms with Gasteiger partial charge in [-0.3, -0.25) is 4.98 Å². The van der Waals surface area contributed by atoms with Crippen LogP contribution in [0.5, 0.6) is 5.75 Å². The number of fused-ring (bicyclic) bond motifs is 1. The van der Waals surface area contributed by atoms with Crippen molar-refractivity contribution in [2.24, 2.45) is 5.73 Å². The first-order chi connectivity index (χ1) is 8.89. The van der Waals surface area contributed by atoms with Gasteiger partial charge in [0.15, 0.2) is 0 Å². The summed E-state index contributed by atoms with van der Waals surface area (Å²) in [6.45, 7) is 1.27. The summed E-state index contributed by atoms with van der Waals surface area (Å²) >= 11 is 0. The molecule has 0 fully saturated rings. The lowest BCUT2D eigenvalue weighted by Crippen LogP contribution is -2.47. The molecular formula is C13H13F3N2O. The van der Waals surface area contributed by atoms with Gasteiger partial charge in [-0.15, -0.1) is 0 Å². The van der Waals surface area contributed by atoms with E-state index in [0.29, 0.717) is 10.9 Å². The predicted molar refractivity (Wildman–Crippen MR) is 65.9 cm³/mol. The first kappa shape index (κ1) is 13.6. The fourth-order valence-corrected chi connectivity index (χ4v) is 1.79. The molecule has 19 heavy (non-hydrogen) atoms. The van der Waals surface area contributed by atoms with Crippen LogP contribution < -0.4 is 10.5 Å². The number of ether oxygens (including phenoxy) is 1. The number of nitrogens with two attached hydrogens (primary N) is 1. The molecular weight excluding hydrogens is 257 g/mol. The fourth-order valence-electron chi connectivity index (χ4n) is 1.79. The molecule has 2 atom stereocenters. The van der Waals surface area contributed by atoms with E-state index in [9.17, 15) is 13.2 Å². The van der Waals surface area contributed by atoms with E-state index in [2.05, 4.69) is 4.98 Å². The van der Waals surface area contributed by atoms with Crippen LogP contribution in [0.25, 0.3) is 10.9 Å². The lowest BCUT2D eigenvalue weighted by molar-refractivity contribution is -0.199. The Kier molecular flexibility index (Phi) is 3.61. The van der Waals surface area contributed by atoms with Crippen molar-refractivity contribution in [3.8, 4) is 5.75 Å². The molecule has 2 aromatic rings. The maximum absolute atomic E-state index is 12.8. The number of hydrogen-bond donors (Lipinski definition) is 1. The quantitative estimate of drug-likeness (QED) is 0.932. The molecule has 0 aliphatic carbocycles. The molecule has 0 aliphatic heterocycles. The Morgan fingerprint density at radius 1 is 1.21 bits per heavy atom. The van der Waals surface area contributed by atoms with Crippen LogP contribution in [0, 0.1) is 0 Å². The van der Waals surface area contributed by atoms with E-state index < -0.39 is 18.3 Å². The molecule has 2 rings (SSSR count). The number of hydrogen-bond acceptors (Lipinski definition) is 3. The lowest BCUT2D eigenvalue weighted by Gasteiger charge is -2.25. The van der Waals surface area contributed by atoms with E-state index in [1.165, 1.54) is 13.0 Å². The molecule has 102 valence electrons. The molecule has 1 aromatic carbocycles. The molecule has 1 heterocycles. The van der Waals surface area contributed by atoms with Gasteiger partial charge in [-0.25, -0.2) is 0 Å². The van der Waals surface area contributed by atoms with Crippen molar-refractivity contribution in [1.29, 1.82) is 0 Å². The van der Waals surface area contributed by atoms with Crippen molar-refractivity contribution in [3.05, 3.63) is 36.5 Å². The van der Waals surface area contributed by atoms with Crippen LogP contribution in [0.3, 0.4) is 0 Å². The van der Waals surface area contributed by atoms with Crippen LogP contribution in [0.4, 0.5) is 13.2 Å². The number of rotatable bonds is 3. The monoisotopic (exact) mass is 270 g/mol. The van der Waals surface area contributed by atoms with Crippen LogP contribution in [-0.4, -0.2) is 23.3 Å². The number of pyridine rings is 1. The third-order valence-electron chi connectivity index (χ3n) is 2.66. The smallest absolute Gasteiger partial charge is 0.426 e. The number of halogens is 3. The molecule has 2 N–H and O–H groups in total. The third-order valence-corrected chi connectivity index (χ3v) is 2.66. The summed E-state index contributed by atoms with van der Waals surface area (Å²) in [6, 6.07) is 6.92. The average molecular weight is 270 g/mol. The zero-order chi connectivity index (χ0) is 14.0. The standard InChI is InChI=1S/C13H13F3N2O/c1-8(17)12(13(14,15)16)19-11-6-2-5-10-9(11)4-3-7-18-10/h2-8,12H,17H2,1H3. The van der Waals surface area contributed by atoms with Crippen molar-refractivity contribution in [3.63, 3.8) is 0 Å². The second-order valence-corrected chi connectivity index (χ2v) is 4.27. The zero-order valence-electron chi connectivity index (χ0n) is 10.2. The van der Waals surface area contributed by atoms with Crippen molar-refractivity contribution in [1.82, 2.24) is 4.98 Å². The van der Waals surface area contributed by atoms with Gasteiger partial charge in [0.2, 0.25) is 6.10 Å². The Morgan fingerprint density at radius 2 is 1.95 bits per heavy atom. The van der Waals surface area contributed by atoms with Gasteiger partial charge in [0.05, 0.1) is 5.52 Å². The highest BCUT2D eigenvalue weighted by molar-refractivity contribution is 5.84. The summed E-state index contributed by atoms with van der Waals surface area (Å²) < 4.78 is 43.6. The molecule has 0 bridgehead atoms. The molecule has 6 heteroatoms. The summed E-state index contributed by atoms with van der Waals surface area (Å²) in [5.41, 5.74) is 5.93. The Balaban J connectivity index is 2.40. The SMILES string of the molecule is CC(N)C(Oc1cccc2ncccc12)C(F)(F)F. The lowest BCUT2D eigenvalue weighted by atomic mass is 10.1. The van der Waals surface area contributed by atoms with Crippen molar-refractivity contribution in [2.75, 3.05) is 0 Å². The fraction of sp³-hybridized carbons (Fsp3) is 0.308. The normalized spacial score (nSPS) is 15.2. The highest BCUT2D eigenvalue weighted by Crippen LogP contribution is 2.30. The highest BCUT2D eigenvalue weighted by Gasteiger charge is 2.44. The van der Waals surface area contributed by atoms with Crippen LogP contribution in [0.1, 0.15) is 6.92 Å².